The maximum absolute atomic E-state index is 12.3. The third-order valence-corrected chi connectivity index (χ3v) is 0.991. The van der Waals surface area contributed by atoms with Gasteiger partial charge in [-0.25, -0.2) is 4.39 Å². The summed E-state index contributed by atoms with van der Waals surface area (Å²) in [7, 11) is 0. The van der Waals surface area contributed by atoms with Crippen LogP contribution in [0, 0.1) is 18.2 Å². The van der Waals surface area contributed by atoms with E-state index in [1.807, 2.05) is 0 Å². The molecular weight excluding hydrogens is 179 g/mol. The Morgan fingerprint density at radius 2 is 2.17 bits per heavy atom. The van der Waals surface area contributed by atoms with E-state index in [1.54, 1.807) is 12.1 Å². The summed E-state index contributed by atoms with van der Waals surface area (Å²) in [6, 6.07) is 5.95. The third-order valence-electron chi connectivity index (χ3n) is 0.991. The first kappa shape index (κ1) is 10.7. The maximum atomic E-state index is 12.3. The maximum Gasteiger partial charge on any atom is 0.208 e. The molecule has 0 saturated heterocycles. The van der Waals surface area contributed by atoms with Crippen LogP contribution in [0.5, 0.6) is 0 Å². The van der Waals surface area contributed by atoms with Crippen LogP contribution in [-0.2, 0) is 4.79 Å². The van der Waals surface area contributed by atoms with E-state index in [9.17, 15) is 4.39 Å². The lowest BCUT2D eigenvalue weighted by atomic mass is 10.2. The van der Waals surface area contributed by atoms with E-state index in [-0.39, 0.29) is 11.6 Å². The summed E-state index contributed by atoms with van der Waals surface area (Å²) in [6.45, 7) is 0. The molecule has 0 spiro atoms. The molecule has 0 aliphatic carbocycles. The van der Waals surface area contributed by atoms with Crippen molar-refractivity contribution in [2.75, 3.05) is 0 Å². The summed E-state index contributed by atoms with van der Waals surface area (Å²) in [5.41, 5.74) is 0.579. The molecular formula is C9H6ClFO. The fraction of sp³-hybridized carbons (Fsp3) is 0. The van der Waals surface area contributed by atoms with Gasteiger partial charge in [-0.3, -0.25) is 4.79 Å². The average Bonchev–Trinajstić information content (AvgIpc) is 2.06. The molecule has 0 amide bonds. The molecule has 0 radical (unpaired) electrons. The van der Waals surface area contributed by atoms with Crippen LogP contribution in [0.3, 0.4) is 0 Å². The number of carbonyl (C=O) groups excluding carboxylic acids is 1. The quantitative estimate of drug-likeness (QED) is 0.343. The summed E-state index contributed by atoms with van der Waals surface area (Å²) in [5, 5.41) is 0. The van der Waals surface area contributed by atoms with Gasteiger partial charge in [0.05, 0.1) is 0 Å². The minimum absolute atomic E-state index is 0.222. The second-order valence-corrected chi connectivity index (χ2v) is 1.92. The number of carbonyl (C=O) groups is 1. The fourth-order valence-corrected chi connectivity index (χ4v) is 0.578. The molecule has 1 aromatic carbocycles. The Hall–Kier alpha value is -1.33. The van der Waals surface area contributed by atoms with Crippen molar-refractivity contribution in [3.8, 4) is 12.3 Å². The van der Waals surface area contributed by atoms with Gasteiger partial charge in [-0.2, -0.15) is 0 Å². The van der Waals surface area contributed by atoms with Gasteiger partial charge in [-0.05, 0) is 29.8 Å². The monoisotopic (exact) mass is 184 g/mol. The number of terminal acetylenes is 1. The molecule has 0 aromatic heterocycles. The zero-order valence-electron chi connectivity index (χ0n) is 6.13. The molecule has 1 nitrogen and oxygen atoms in total. The van der Waals surface area contributed by atoms with Crippen LogP contribution in [0.15, 0.2) is 24.3 Å². The van der Waals surface area contributed by atoms with Crippen LogP contribution < -0.4 is 0 Å². The van der Waals surface area contributed by atoms with Gasteiger partial charge in [-0.1, -0.05) is 12.0 Å². The van der Waals surface area contributed by atoms with Crippen molar-refractivity contribution in [2.24, 2.45) is 0 Å². The van der Waals surface area contributed by atoms with E-state index in [0.29, 0.717) is 5.56 Å². The Bertz CT molecular complexity index is 291. The predicted molar refractivity (Wildman–Crippen MR) is 46.9 cm³/mol. The summed E-state index contributed by atoms with van der Waals surface area (Å²) in [5.74, 6) is 2.26. The number of benzene rings is 1. The molecule has 1 aromatic rings. The van der Waals surface area contributed by atoms with Gasteiger partial charge in [0, 0.05) is 5.56 Å². The Kier molecular flexibility index (Phi) is 5.68. The molecule has 0 unspecified atom stereocenters. The minimum atomic E-state index is -0.287. The normalized spacial score (nSPS) is 7.42. The largest absolute Gasteiger partial charge is 0.285 e. The summed E-state index contributed by atoms with van der Waals surface area (Å²) in [6.07, 6.45) is 5.00. The molecule has 3 heteroatoms. The number of rotatable bonds is 0. The zero-order valence-corrected chi connectivity index (χ0v) is 6.88. The molecule has 0 saturated carbocycles. The average molecular weight is 185 g/mol. The molecule has 0 fully saturated rings. The Morgan fingerprint density at radius 1 is 1.58 bits per heavy atom. The lowest BCUT2D eigenvalue weighted by molar-refractivity contribution is 0.569. The second kappa shape index (κ2) is 6.38. The van der Waals surface area contributed by atoms with Gasteiger partial charge >= 0.3 is 0 Å². The Morgan fingerprint density at radius 3 is 2.50 bits per heavy atom. The van der Waals surface area contributed by atoms with E-state index in [1.165, 1.54) is 12.1 Å². The second-order valence-electron chi connectivity index (χ2n) is 1.74. The molecule has 0 bridgehead atoms. The van der Waals surface area contributed by atoms with E-state index >= 15 is 0 Å². The Labute approximate surface area is 75.2 Å². The molecule has 0 aliphatic rings. The topological polar surface area (TPSA) is 17.1 Å². The minimum Gasteiger partial charge on any atom is -0.285 e. The molecule has 0 aliphatic heterocycles. The van der Waals surface area contributed by atoms with Crippen molar-refractivity contribution in [3.05, 3.63) is 35.6 Å². The number of hydrogen-bond donors (Lipinski definition) is 0. The van der Waals surface area contributed by atoms with Gasteiger partial charge in [0.15, 0.2) is 0 Å². The highest BCUT2D eigenvalue weighted by Crippen LogP contribution is 2.00. The van der Waals surface area contributed by atoms with Crippen LogP contribution in [0.4, 0.5) is 4.39 Å². The molecule has 62 valence electrons. The lowest BCUT2D eigenvalue weighted by Crippen LogP contribution is -1.74. The van der Waals surface area contributed by atoms with Crippen LogP contribution in [0.1, 0.15) is 5.56 Å². The van der Waals surface area contributed by atoms with Crippen molar-refractivity contribution < 1.29 is 9.18 Å². The molecule has 12 heavy (non-hydrogen) atoms. The lowest BCUT2D eigenvalue weighted by Gasteiger charge is -1.87. The summed E-state index contributed by atoms with van der Waals surface area (Å²) < 4.78 is 12.3. The van der Waals surface area contributed by atoms with E-state index in [0.717, 1.165) is 0 Å². The Balaban J connectivity index is 0.000000354. The smallest absolute Gasteiger partial charge is 0.208 e. The summed E-state index contributed by atoms with van der Waals surface area (Å²) >= 11 is 4.32. The summed E-state index contributed by atoms with van der Waals surface area (Å²) in [4.78, 5) is 8.57. The SMILES string of the molecule is C#Cc1cccc(F)c1.O=CCl. The first-order valence-corrected chi connectivity index (χ1v) is 3.44. The molecule has 1 rings (SSSR count). The van der Waals surface area contributed by atoms with Crippen LogP contribution in [0.2, 0.25) is 0 Å². The highest BCUT2D eigenvalue weighted by atomic mass is 35.5. The van der Waals surface area contributed by atoms with E-state index < -0.39 is 0 Å². The predicted octanol–water partition coefficient (Wildman–Crippen LogP) is 2.22. The van der Waals surface area contributed by atoms with Gasteiger partial charge in [-0.15, -0.1) is 6.42 Å². The van der Waals surface area contributed by atoms with Gasteiger partial charge in [0.1, 0.15) is 5.82 Å². The van der Waals surface area contributed by atoms with Crippen molar-refractivity contribution in [3.63, 3.8) is 0 Å². The van der Waals surface area contributed by atoms with Gasteiger partial charge in [0.2, 0.25) is 5.75 Å². The highest BCUT2D eigenvalue weighted by Gasteiger charge is 1.87. The molecule has 0 atom stereocenters. The first-order valence-electron chi connectivity index (χ1n) is 3.00. The van der Waals surface area contributed by atoms with Crippen molar-refractivity contribution in [2.45, 2.75) is 0 Å². The standard InChI is InChI=1S/C8H5F.CHClO/c1-2-7-4-3-5-8(9)6-7;2-1-3/h1,3-6H;1H. The molecule has 0 heterocycles. The fourth-order valence-electron chi connectivity index (χ4n) is 0.578. The number of hydrogen-bond acceptors (Lipinski definition) is 1. The van der Waals surface area contributed by atoms with Crippen LogP contribution >= 0.6 is 11.6 Å². The highest BCUT2D eigenvalue weighted by molar-refractivity contribution is 6.54. The number of halogens is 2. The van der Waals surface area contributed by atoms with E-state index in [4.69, 9.17) is 11.2 Å². The van der Waals surface area contributed by atoms with Gasteiger partial charge in [0.25, 0.3) is 0 Å². The first-order chi connectivity index (χ1) is 5.74. The third kappa shape index (κ3) is 4.48. The molecule has 0 N–H and O–H groups in total. The zero-order chi connectivity index (χ0) is 9.40. The van der Waals surface area contributed by atoms with Crippen molar-refractivity contribution in [1.82, 2.24) is 0 Å². The van der Waals surface area contributed by atoms with Gasteiger partial charge < -0.3 is 0 Å². The van der Waals surface area contributed by atoms with E-state index in [2.05, 4.69) is 17.5 Å². The van der Waals surface area contributed by atoms with Crippen LogP contribution in [-0.4, -0.2) is 5.75 Å². The van der Waals surface area contributed by atoms with Crippen molar-refractivity contribution >= 4 is 17.3 Å². The van der Waals surface area contributed by atoms with Crippen molar-refractivity contribution in [1.29, 1.82) is 0 Å². The van der Waals surface area contributed by atoms with Crippen LogP contribution in [0.25, 0.3) is 0 Å².